The van der Waals surface area contributed by atoms with Crippen molar-refractivity contribution in [3.05, 3.63) is 115 Å². The summed E-state index contributed by atoms with van der Waals surface area (Å²) in [6.45, 7) is 15.7. The maximum Gasteiger partial charge on any atom is 0.0385 e. The Morgan fingerprint density at radius 2 is 1.19 bits per heavy atom. The van der Waals surface area contributed by atoms with Gasteiger partial charge in [0.05, 0.1) is 0 Å². The van der Waals surface area contributed by atoms with E-state index in [0.717, 1.165) is 21.2 Å². The Morgan fingerprint density at radius 1 is 0.710 bits per heavy atom. The molecule has 3 heteroatoms. The molecule has 0 heterocycles. The van der Waals surface area contributed by atoms with E-state index in [1.807, 2.05) is 45.9 Å². The first kappa shape index (κ1) is 26.4. The zero-order chi connectivity index (χ0) is 22.9. The Balaban J connectivity index is 0.00000113. The lowest BCUT2D eigenvalue weighted by Crippen LogP contribution is -1.89. The lowest BCUT2D eigenvalue weighted by Gasteiger charge is -2.09. The summed E-state index contributed by atoms with van der Waals surface area (Å²) in [5.41, 5.74) is 2.14. The predicted octanol–water partition coefficient (Wildman–Crippen LogP) is 9.98. The van der Waals surface area contributed by atoms with Crippen molar-refractivity contribution in [2.45, 2.75) is 42.4 Å². The van der Waals surface area contributed by atoms with Gasteiger partial charge in [0.1, 0.15) is 0 Å². The van der Waals surface area contributed by atoms with Crippen LogP contribution < -0.4 is 5.32 Å². The van der Waals surface area contributed by atoms with Gasteiger partial charge in [-0.25, -0.2) is 0 Å². The van der Waals surface area contributed by atoms with E-state index in [0.29, 0.717) is 0 Å². The molecule has 162 valence electrons. The number of allylic oxidation sites excluding steroid dienone is 3. The van der Waals surface area contributed by atoms with Gasteiger partial charge in [-0.2, -0.15) is 0 Å². The quantitative estimate of drug-likeness (QED) is 0.272. The molecule has 0 aromatic heterocycles. The number of thioether (sulfide) groups is 1. The second kappa shape index (κ2) is 16.1. The normalized spacial score (nSPS) is 9.68. The topological polar surface area (TPSA) is 12.0 Å². The average Bonchev–Trinajstić information content (AvgIpc) is 2.83. The molecule has 31 heavy (non-hydrogen) atoms. The molecule has 3 rings (SSSR count). The summed E-state index contributed by atoms with van der Waals surface area (Å²) in [6, 6.07) is 27.3. The van der Waals surface area contributed by atoms with Crippen LogP contribution in [-0.2, 0) is 0 Å². The van der Waals surface area contributed by atoms with Gasteiger partial charge in [0.2, 0.25) is 0 Å². The minimum Gasteiger partial charge on any atom is -0.356 e. The molecule has 0 radical (unpaired) electrons. The van der Waals surface area contributed by atoms with Crippen molar-refractivity contribution >= 4 is 34.9 Å². The highest BCUT2D eigenvalue weighted by Crippen LogP contribution is 2.30. The van der Waals surface area contributed by atoms with Gasteiger partial charge < -0.3 is 5.32 Å². The van der Waals surface area contributed by atoms with Crippen LogP contribution in [0, 0.1) is 0 Å². The van der Waals surface area contributed by atoms with Crippen molar-refractivity contribution in [2.24, 2.45) is 0 Å². The van der Waals surface area contributed by atoms with E-state index in [2.05, 4.69) is 91.3 Å². The van der Waals surface area contributed by atoms with Crippen LogP contribution in [0.2, 0.25) is 0 Å². The summed E-state index contributed by atoms with van der Waals surface area (Å²) in [5, 5.41) is 3.44. The lowest BCUT2D eigenvalue weighted by atomic mass is 10.3. The summed E-state index contributed by atoms with van der Waals surface area (Å²) in [7, 11) is 0. The minimum atomic E-state index is 0.988. The molecular formula is C28H33NS2. The monoisotopic (exact) mass is 447 g/mol. The Morgan fingerprint density at radius 3 is 1.71 bits per heavy atom. The van der Waals surface area contributed by atoms with Gasteiger partial charge in [-0.15, -0.1) is 0 Å². The smallest absolute Gasteiger partial charge is 0.0385 e. The summed E-state index contributed by atoms with van der Waals surface area (Å²) in [4.78, 5) is 4.62. The molecule has 0 aliphatic heterocycles. The van der Waals surface area contributed by atoms with Crippen LogP contribution in [0.4, 0.5) is 11.4 Å². The Hall–Kier alpha value is -2.62. The zero-order valence-corrected chi connectivity index (χ0v) is 20.6. The van der Waals surface area contributed by atoms with Crippen LogP contribution in [0.25, 0.3) is 0 Å². The van der Waals surface area contributed by atoms with Gasteiger partial charge in [0, 0.05) is 31.0 Å². The Bertz CT molecular complexity index is 911. The highest BCUT2D eigenvalue weighted by atomic mass is 32.2. The third-order valence-electron chi connectivity index (χ3n) is 3.64. The molecule has 0 spiro atoms. The van der Waals surface area contributed by atoms with Gasteiger partial charge in [-0.3, -0.25) is 0 Å². The van der Waals surface area contributed by atoms with Crippen LogP contribution in [0.5, 0.6) is 0 Å². The zero-order valence-electron chi connectivity index (χ0n) is 19.0. The van der Waals surface area contributed by atoms with Crippen molar-refractivity contribution in [3.8, 4) is 0 Å². The second-order valence-corrected chi connectivity index (χ2v) is 8.10. The third-order valence-corrected chi connectivity index (χ3v) is 5.57. The summed E-state index contributed by atoms with van der Waals surface area (Å²) < 4.78 is 0. The van der Waals surface area contributed by atoms with E-state index in [4.69, 9.17) is 0 Å². The third kappa shape index (κ3) is 10.3. The second-order valence-electron chi connectivity index (χ2n) is 5.75. The van der Waals surface area contributed by atoms with Crippen molar-refractivity contribution in [1.29, 1.82) is 0 Å². The van der Waals surface area contributed by atoms with Gasteiger partial charge in [0.15, 0.2) is 0 Å². The molecule has 0 unspecified atom stereocenters. The van der Waals surface area contributed by atoms with Gasteiger partial charge in [-0.1, -0.05) is 94.7 Å². The first-order valence-electron chi connectivity index (χ1n) is 10.6. The predicted molar refractivity (Wildman–Crippen MR) is 144 cm³/mol. The van der Waals surface area contributed by atoms with Crippen LogP contribution in [0.3, 0.4) is 0 Å². The first-order valence-corrected chi connectivity index (χ1v) is 12.2. The highest BCUT2D eigenvalue weighted by Gasteiger charge is 2.00. The van der Waals surface area contributed by atoms with Crippen LogP contribution in [0.1, 0.15) is 27.7 Å². The largest absolute Gasteiger partial charge is 0.356 e. The van der Waals surface area contributed by atoms with E-state index < -0.39 is 0 Å². The van der Waals surface area contributed by atoms with Crippen molar-refractivity contribution in [2.75, 3.05) is 5.32 Å². The molecular weight excluding hydrogens is 414 g/mol. The van der Waals surface area contributed by atoms with Crippen LogP contribution in [-0.4, -0.2) is 0 Å². The Kier molecular flexibility index (Phi) is 13.7. The molecule has 0 aliphatic rings. The number of hydrogen-bond donors (Lipinski definition) is 1. The van der Waals surface area contributed by atoms with Crippen LogP contribution in [0.15, 0.2) is 130 Å². The highest BCUT2D eigenvalue weighted by molar-refractivity contribution is 8.03. The molecule has 0 aliphatic carbocycles. The molecule has 1 nitrogen and oxygen atoms in total. The molecule has 0 bridgehead atoms. The molecule has 0 saturated carbocycles. The summed E-state index contributed by atoms with van der Waals surface area (Å²) in [6.07, 6.45) is 5.60. The van der Waals surface area contributed by atoms with Gasteiger partial charge in [0.25, 0.3) is 0 Å². The number of hydrogen-bond acceptors (Lipinski definition) is 3. The molecule has 0 amide bonds. The van der Waals surface area contributed by atoms with E-state index in [1.54, 1.807) is 29.6 Å². The maximum absolute atomic E-state index is 4.03. The molecule has 1 N–H and O–H groups in total. The minimum absolute atomic E-state index is 0.988. The van der Waals surface area contributed by atoms with E-state index in [9.17, 15) is 0 Å². The van der Waals surface area contributed by atoms with Gasteiger partial charge >= 0.3 is 0 Å². The summed E-state index contributed by atoms with van der Waals surface area (Å²) >= 11 is 3.41. The molecule has 3 aromatic rings. The fraction of sp³-hybridized carbons (Fsp3) is 0.143. The number of anilines is 2. The van der Waals surface area contributed by atoms with Crippen molar-refractivity contribution in [3.63, 3.8) is 0 Å². The summed E-state index contributed by atoms with van der Waals surface area (Å²) in [5.74, 6) is 0. The fourth-order valence-electron chi connectivity index (χ4n) is 2.36. The average molecular weight is 448 g/mol. The molecule has 3 aromatic carbocycles. The Labute approximate surface area is 197 Å². The number of rotatable bonds is 8. The van der Waals surface area contributed by atoms with Gasteiger partial charge in [-0.05, 0) is 66.7 Å². The first-order chi connectivity index (χ1) is 15.2. The van der Waals surface area contributed by atoms with Crippen LogP contribution >= 0.6 is 23.5 Å². The molecule has 0 atom stereocenters. The molecule has 0 saturated heterocycles. The van der Waals surface area contributed by atoms with Crippen molar-refractivity contribution in [1.82, 2.24) is 0 Å². The standard InChI is InChI=1S/C24H21NS2.2C2H6/c1-3-4-8-19(2)26-23-15-11-20(12-16-23)25-21-13-17-24(18-14-21)27-22-9-6-5-7-10-22;2*1-2/h3-18,25H,1-2H2;2*1-2H3/b8-4-;;. The number of benzene rings is 3. The van der Waals surface area contributed by atoms with E-state index in [1.165, 1.54) is 9.79 Å². The SMILES string of the molecule is C=C/C=C\C(=C)Sc1ccc(Nc2ccc(Sc3ccccc3)cc2)cc1.CC.CC. The maximum atomic E-state index is 4.03. The van der Waals surface area contributed by atoms with E-state index in [-0.39, 0.29) is 0 Å². The lowest BCUT2D eigenvalue weighted by molar-refractivity contribution is 1.39. The van der Waals surface area contributed by atoms with Crippen molar-refractivity contribution < 1.29 is 0 Å². The molecule has 0 fully saturated rings. The fourth-order valence-corrected chi connectivity index (χ4v) is 3.92. The van der Waals surface area contributed by atoms with E-state index >= 15 is 0 Å². The number of nitrogens with one attached hydrogen (secondary N) is 1.